The number of fused-ring (bicyclic) bond motifs is 1. The summed E-state index contributed by atoms with van der Waals surface area (Å²) in [4.78, 5) is 0. The van der Waals surface area contributed by atoms with Crippen molar-refractivity contribution in [1.29, 1.82) is 0 Å². The first kappa shape index (κ1) is 15.2. The summed E-state index contributed by atoms with van der Waals surface area (Å²) in [6, 6.07) is 0. The van der Waals surface area contributed by atoms with Crippen molar-refractivity contribution in [3.63, 3.8) is 0 Å². The average Bonchev–Trinajstić information content (AvgIpc) is 2.35. The highest BCUT2D eigenvalue weighted by Gasteiger charge is 2.45. The van der Waals surface area contributed by atoms with Crippen molar-refractivity contribution in [1.82, 2.24) is 9.03 Å². The molecule has 2 atom stereocenters. The lowest BCUT2D eigenvalue weighted by Crippen LogP contribution is -2.56. The minimum absolute atomic E-state index is 0.102. The third kappa shape index (κ3) is 3.48. The normalized spacial score (nSPS) is 33.4. The minimum Gasteiger partial charge on any atom is -0.390 e. The molecule has 1 aliphatic heterocycles. The zero-order valence-electron chi connectivity index (χ0n) is 11.9. The first-order valence-electron chi connectivity index (χ1n) is 7.30. The fourth-order valence-electron chi connectivity index (χ4n) is 3.12. The van der Waals surface area contributed by atoms with Gasteiger partial charge in [-0.2, -0.15) is 12.7 Å². The predicted molar refractivity (Wildman–Crippen MR) is 74.9 cm³/mol. The van der Waals surface area contributed by atoms with Crippen LogP contribution in [0.15, 0.2) is 0 Å². The number of hydrogen-bond donors (Lipinski definition) is 2. The maximum atomic E-state index is 12.2. The second-order valence-electron chi connectivity index (χ2n) is 6.40. The van der Waals surface area contributed by atoms with Crippen LogP contribution >= 0.6 is 0 Å². The van der Waals surface area contributed by atoms with Gasteiger partial charge >= 0.3 is 0 Å². The predicted octanol–water partition coefficient (Wildman–Crippen LogP) is 1.10. The van der Waals surface area contributed by atoms with E-state index in [2.05, 4.69) is 4.72 Å². The van der Waals surface area contributed by atoms with Crippen LogP contribution in [0.3, 0.4) is 0 Å². The standard InChI is InChI=1S/C13H26N2O3S/c1-11(2)9-14-19(17,18)15-8-7-13(16)6-4-3-5-12(13)10-15/h11-12,14,16H,3-10H2,1-2H3. The molecular weight excluding hydrogens is 264 g/mol. The van der Waals surface area contributed by atoms with E-state index in [1.807, 2.05) is 13.8 Å². The Morgan fingerprint density at radius 2 is 2.11 bits per heavy atom. The van der Waals surface area contributed by atoms with Crippen LogP contribution in [0, 0.1) is 11.8 Å². The first-order chi connectivity index (χ1) is 8.83. The molecule has 0 amide bonds. The van der Waals surface area contributed by atoms with Gasteiger partial charge in [0.1, 0.15) is 0 Å². The van der Waals surface area contributed by atoms with Gasteiger partial charge in [-0.05, 0) is 25.2 Å². The Bertz CT molecular complexity index is 410. The zero-order valence-corrected chi connectivity index (χ0v) is 12.7. The zero-order chi connectivity index (χ0) is 14.1. The monoisotopic (exact) mass is 290 g/mol. The van der Waals surface area contributed by atoms with E-state index in [9.17, 15) is 13.5 Å². The van der Waals surface area contributed by atoms with E-state index in [0.29, 0.717) is 32.0 Å². The molecule has 1 saturated heterocycles. The molecule has 2 fully saturated rings. The van der Waals surface area contributed by atoms with Crippen LogP contribution in [0.4, 0.5) is 0 Å². The lowest BCUT2D eigenvalue weighted by molar-refractivity contribution is -0.0818. The minimum atomic E-state index is -3.38. The van der Waals surface area contributed by atoms with Crippen LogP contribution in [-0.4, -0.2) is 43.1 Å². The third-order valence-electron chi connectivity index (χ3n) is 4.40. The molecule has 2 aliphatic rings. The van der Waals surface area contributed by atoms with Crippen molar-refractivity contribution in [2.75, 3.05) is 19.6 Å². The molecule has 2 unspecified atom stereocenters. The van der Waals surface area contributed by atoms with Gasteiger partial charge in [-0.1, -0.05) is 26.7 Å². The highest BCUT2D eigenvalue weighted by molar-refractivity contribution is 7.87. The van der Waals surface area contributed by atoms with Crippen LogP contribution in [0.2, 0.25) is 0 Å². The smallest absolute Gasteiger partial charge is 0.279 e. The van der Waals surface area contributed by atoms with E-state index >= 15 is 0 Å². The molecule has 1 aliphatic carbocycles. The van der Waals surface area contributed by atoms with E-state index in [-0.39, 0.29) is 5.92 Å². The van der Waals surface area contributed by atoms with E-state index in [4.69, 9.17) is 0 Å². The summed E-state index contributed by atoms with van der Waals surface area (Å²) in [5.41, 5.74) is -0.623. The molecule has 0 bridgehead atoms. The Morgan fingerprint density at radius 1 is 1.37 bits per heavy atom. The van der Waals surface area contributed by atoms with Gasteiger partial charge in [-0.3, -0.25) is 0 Å². The third-order valence-corrected chi connectivity index (χ3v) is 5.95. The molecule has 2 N–H and O–H groups in total. The van der Waals surface area contributed by atoms with Crippen molar-refractivity contribution in [2.45, 2.75) is 51.6 Å². The van der Waals surface area contributed by atoms with Crippen molar-refractivity contribution in [3.05, 3.63) is 0 Å². The van der Waals surface area contributed by atoms with Crippen LogP contribution in [0.5, 0.6) is 0 Å². The summed E-state index contributed by atoms with van der Waals surface area (Å²) in [7, 11) is -3.38. The molecule has 0 aromatic heterocycles. The summed E-state index contributed by atoms with van der Waals surface area (Å²) in [5, 5.41) is 10.6. The van der Waals surface area contributed by atoms with Crippen LogP contribution < -0.4 is 4.72 Å². The van der Waals surface area contributed by atoms with Gasteiger partial charge in [0.05, 0.1) is 5.60 Å². The maximum absolute atomic E-state index is 12.2. The molecule has 1 saturated carbocycles. The van der Waals surface area contributed by atoms with Gasteiger partial charge in [-0.25, -0.2) is 4.72 Å². The summed E-state index contributed by atoms with van der Waals surface area (Å²) in [6.45, 7) is 5.33. The lowest BCUT2D eigenvalue weighted by atomic mass is 9.72. The van der Waals surface area contributed by atoms with Gasteiger partial charge in [-0.15, -0.1) is 0 Å². The van der Waals surface area contributed by atoms with Crippen molar-refractivity contribution in [3.8, 4) is 0 Å². The van der Waals surface area contributed by atoms with Crippen molar-refractivity contribution in [2.24, 2.45) is 11.8 Å². The SMILES string of the molecule is CC(C)CNS(=O)(=O)N1CCC2(O)CCCCC2C1. The highest BCUT2D eigenvalue weighted by Crippen LogP contribution is 2.40. The summed E-state index contributed by atoms with van der Waals surface area (Å²) in [5.74, 6) is 0.400. The van der Waals surface area contributed by atoms with Gasteiger partial charge in [0.2, 0.25) is 0 Å². The summed E-state index contributed by atoms with van der Waals surface area (Å²) >= 11 is 0. The summed E-state index contributed by atoms with van der Waals surface area (Å²) in [6.07, 6.45) is 4.49. The van der Waals surface area contributed by atoms with E-state index < -0.39 is 15.8 Å². The molecule has 19 heavy (non-hydrogen) atoms. The Balaban J connectivity index is 2.00. The fraction of sp³-hybridized carbons (Fsp3) is 1.00. The first-order valence-corrected chi connectivity index (χ1v) is 8.74. The molecule has 2 rings (SSSR count). The molecular formula is C13H26N2O3S. The van der Waals surface area contributed by atoms with Crippen molar-refractivity contribution >= 4 is 10.2 Å². The molecule has 0 radical (unpaired) electrons. The Hall–Kier alpha value is -0.170. The number of nitrogens with one attached hydrogen (secondary N) is 1. The van der Waals surface area contributed by atoms with Crippen LogP contribution in [0.1, 0.15) is 46.0 Å². The highest BCUT2D eigenvalue weighted by atomic mass is 32.2. The number of nitrogens with zero attached hydrogens (tertiary/aromatic N) is 1. The Morgan fingerprint density at radius 3 is 2.79 bits per heavy atom. The Kier molecular flexibility index (Phi) is 4.55. The van der Waals surface area contributed by atoms with Gasteiger partial charge in [0, 0.05) is 25.6 Å². The van der Waals surface area contributed by atoms with Crippen LogP contribution in [0.25, 0.3) is 0 Å². The number of rotatable bonds is 4. The topological polar surface area (TPSA) is 69.6 Å². The molecule has 6 heteroatoms. The van der Waals surface area contributed by atoms with Crippen LogP contribution in [-0.2, 0) is 10.2 Å². The molecule has 1 heterocycles. The average molecular weight is 290 g/mol. The number of piperidine rings is 1. The number of hydrogen-bond acceptors (Lipinski definition) is 3. The van der Waals surface area contributed by atoms with Gasteiger partial charge in [0.25, 0.3) is 10.2 Å². The van der Waals surface area contributed by atoms with E-state index in [1.54, 1.807) is 0 Å². The molecule has 112 valence electrons. The second kappa shape index (κ2) is 5.68. The van der Waals surface area contributed by atoms with Gasteiger partial charge < -0.3 is 5.11 Å². The van der Waals surface area contributed by atoms with E-state index in [1.165, 1.54) is 4.31 Å². The molecule has 0 aromatic rings. The molecule has 0 aromatic carbocycles. The number of aliphatic hydroxyl groups is 1. The molecule has 5 nitrogen and oxygen atoms in total. The summed E-state index contributed by atoms with van der Waals surface area (Å²) < 4.78 is 28.6. The molecule has 0 spiro atoms. The van der Waals surface area contributed by atoms with E-state index in [0.717, 1.165) is 25.7 Å². The lowest BCUT2D eigenvalue weighted by Gasteiger charge is -2.46. The van der Waals surface area contributed by atoms with Gasteiger partial charge in [0.15, 0.2) is 0 Å². The second-order valence-corrected chi connectivity index (χ2v) is 8.16. The maximum Gasteiger partial charge on any atom is 0.279 e. The largest absolute Gasteiger partial charge is 0.390 e. The fourth-order valence-corrected chi connectivity index (χ4v) is 4.56. The van der Waals surface area contributed by atoms with Crippen molar-refractivity contribution < 1.29 is 13.5 Å². The Labute approximate surface area is 116 Å². The quantitative estimate of drug-likeness (QED) is 0.814.